The van der Waals surface area contributed by atoms with Crippen LogP contribution in [-0.4, -0.2) is 39.4 Å². The molecule has 1 unspecified atom stereocenters. The molecule has 0 heterocycles. The Balaban J connectivity index is 3.92. The summed E-state index contributed by atoms with van der Waals surface area (Å²) >= 11 is 0. The average Bonchev–Trinajstić information content (AvgIpc) is 2.48. The smallest absolute Gasteiger partial charge is 0.154 e. The van der Waals surface area contributed by atoms with E-state index in [1.54, 1.807) is 0 Å². The SMILES string of the molecule is C=CC(O)(C=C)CCCOC(O)CCC(O)(C=C)C=C. The molecule has 0 radical (unpaired) electrons. The Labute approximate surface area is 121 Å². The molecule has 3 N–H and O–H groups in total. The van der Waals surface area contributed by atoms with Gasteiger partial charge in [-0.05, 0) is 19.3 Å². The highest BCUT2D eigenvalue weighted by atomic mass is 16.6. The van der Waals surface area contributed by atoms with Gasteiger partial charge in [-0.3, -0.25) is 0 Å². The molecule has 4 heteroatoms. The molecule has 0 aromatic carbocycles. The molecular formula is C16H26O4. The molecule has 0 aliphatic carbocycles. The van der Waals surface area contributed by atoms with Gasteiger partial charge in [-0.15, -0.1) is 0 Å². The standard InChI is InChI=1S/C16H26O4/c1-5-15(18,6-2)11-9-13-20-14(17)10-12-16(19,7-3)8-4/h5-8,14,17-19H,1-4,9-13H2. The van der Waals surface area contributed by atoms with Gasteiger partial charge in [0.05, 0.1) is 0 Å². The Bertz CT molecular complexity index is 319. The van der Waals surface area contributed by atoms with E-state index in [4.69, 9.17) is 4.74 Å². The minimum atomic E-state index is -1.18. The average molecular weight is 282 g/mol. The van der Waals surface area contributed by atoms with Crippen LogP contribution in [0.5, 0.6) is 0 Å². The summed E-state index contributed by atoms with van der Waals surface area (Å²) in [4.78, 5) is 0. The van der Waals surface area contributed by atoms with E-state index < -0.39 is 17.5 Å². The van der Waals surface area contributed by atoms with Crippen molar-refractivity contribution in [3.8, 4) is 0 Å². The summed E-state index contributed by atoms with van der Waals surface area (Å²) in [5.74, 6) is 0. The van der Waals surface area contributed by atoms with Crippen LogP contribution >= 0.6 is 0 Å². The lowest BCUT2D eigenvalue weighted by Gasteiger charge is -2.22. The fourth-order valence-electron chi connectivity index (χ4n) is 1.59. The number of aliphatic hydroxyl groups is 3. The monoisotopic (exact) mass is 282 g/mol. The Morgan fingerprint density at radius 3 is 1.80 bits per heavy atom. The highest BCUT2D eigenvalue weighted by molar-refractivity contribution is 5.08. The van der Waals surface area contributed by atoms with Gasteiger partial charge >= 0.3 is 0 Å². The molecule has 0 bridgehead atoms. The molecule has 0 aromatic heterocycles. The van der Waals surface area contributed by atoms with E-state index in [1.807, 2.05) is 0 Å². The maximum absolute atomic E-state index is 9.86. The zero-order valence-electron chi connectivity index (χ0n) is 12.0. The topological polar surface area (TPSA) is 69.9 Å². The Hall–Kier alpha value is -1.20. The third kappa shape index (κ3) is 6.82. The zero-order valence-corrected chi connectivity index (χ0v) is 12.0. The fourth-order valence-corrected chi connectivity index (χ4v) is 1.59. The van der Waals surface area contributed by atoms with Gasteiger partial charge < -0.3 is 20.1 Å². The van der Waals surface area contributed by atoms with Gasteiger partial charge in [-0.25, -0.2) is 0 Å². The van der Waals surface area contributed by atoms with Crippen molar-refractivity contribution in [1.82, 2.24) is 0 Å². The molecule has 20 heavy (non-hydrogen) atoms. The first-order chi connectivity index (χ1) is 9.34. The number of ether oxygens (including phenoxy) is 1. The number of aliphatic hydroxyl groups excluding tert-OH is 1. The van der Waals surface area contributed by atoms with E-state index >= 15 is 0 Å². The van der Waals surface area contributed by atoms with Gasteiger partial charge in [0, 0.05) is 13.0 Å². The molecule has 0 spiro atoms. The largest absolute Gasteiger partial charge is 0.382 e. The van der Waals surface area contributed by atoms with E-state index in [2.05, 4.69) is 26.3 Å². The second-order valence-electron chi connectivity index (χ2n) is 4.77. The van der Waals surface area contributed by atoms with Gasteiger partial charge in [0.2, 0.25) is 0 Å². The van der Waals surface area contributed by atoms with Crippen LogP contribution in [0, 0.1) is 0 Å². The molecule has 0 aliphatic heterocycles. The lowest BCUT2D eigenvalue weighted by Crippen LogP contribution is -2.26. The molecule has 1 atom stereocenters. The highest BCUT2D eigenvalue weighted by Crippen LogP contribution is 2.18. The summed E-state index contributed by atoms with van der Waals surface area (Å²) in [6, 6.07) is 0. The Morgan fingerprint density at radius 1 is 0.900 bits per heavy atom. The van der Waals surface area contributed by atoms with Gasteiger partial charge in [-0.1, -0.05) is 50.6 Å². The van der Waals surface area contributed by atoms with Crippen LogP contribution in [0.1, 0.15) is 25.7 Å². The lowest BCUT2D eigenvalue weighted by molar-refractivity contribution is -0.111. The summed E-state index contributed by atoms with van der Waals surface area (Å²) in [6.45, 7) is 14.4. The second-order valence-corrected chi connectivity index (χ2v) is 4.77. The molecular weight excluding hydrogens is 256 g/mol. The van der Waals surface area contributed by atoms with E-state index in [0.717, 1.165) is 0 Å². The summed E-state index contributed by atoms with van der Waals surface area (Å²) in [5, 5.41) is 29.4. The van der Waals surface area contributed by atoms with E-state index in [-0.39, 0.29) is 12.8 Å². The van der Waals surface area contributed by atoms with E-state index in [1.165, 1.54) is 24.3 Å². The van der Waals surface area contributed by atoms with Gasteiger partial charge in [0.25, 0.3) is 0 Å². The van der Waals surface area contributed by atoms with Crippen molar-refractivity contribution in [1.29, 1.82) is 0 Å². The van der Waals surface area contributed by atoms with Crippen molar-refractivity contribution in [2.24, 2.45) is 0 Å². The van der Waals surface area contributed by atoms with Crippen molar-refractivity contribution in [3.63, 3.8) is 0 Å². The summed E-state index contributed by atoms with van der Waals surface area (Å²) in [6.07, 6.45) is 6.15. The summed E-state index contributed by atoms with van der Waals surface area (Å²) in [7, 11) is 0. The maximum Gasteiger partial charge on any atom is 0.154 e. The molecule has 4 nitrogen and oxygen atoms in total. The molecule has 0 saturated heterocycles. The van der Waals surface area contributed by atoms with Crippen LogP contribution in [-0.2, 0) is 4.74 Å². The Kier molecular flexibility index (Phi) is 8.34. The molecule has 0 amide bonds. The van der Waals surface area contributed by atoms with E-state index in [9.17, 15) is 15.3 Å². The molecule has 0 rings (SSSR count). The van der Waals surface area contributed by atoms with Gasteiger partial charge in [-0.2, -0.15) is 0 Å². The van der Waals surface area contributed by atoms with Crippen molar-refractivity contribution in [2.75, 3.05) is 6.61 Å². The molecule has 0 aliphatic rings. The normalized spacial score (nSPS) is 13.6. The third-order valence-corrected chi connectivity index (χ3v) is 3.24. The minimum absolute atomic E-state index is 0.266. The third-order valence-electron chi connectivity index (χ3n) is 3.24. The fraction of sp³-hybridized carbons (Fsp3) is 0.500. The van der Waals surface area contributed by atoms with Crippen molar-refractivity contribution >= 4 is 0 Å². The molecule has 0 fully saturated rings. The first-order valence-electron chi connectivity index (χ1n) is 6.63. The van der Waals surface area contributed by atoms with Crippen LogP contribution in [0.2, 0.25) is 0 Å². The van der Waals surface area contributed by atoms with Crippen LogP contribution in [0.3, 0.4) is 0 Å². The minimum Gasteiger partial charge on any atom is -0.382 e. The zero-order chi connectivity index (χ0) is 15.6. The van der Waals surface area contributed by atoms with Gasteiger partial charge in [0.1, 0.15) is 11.2 Å². The highest BCUT2D eigenvalue weighted by Gasteiger charge is 2.20. The lowest BCUT2D eigenvalue weighted by atomic mass is 9.98. The van der Waals surface area contributed by atoms with Crippen molar-refractivity contribution in [2.45, 2.75) is 43.2 Å². The molecule has 0 saturated carbocycles. The second kappa shape index (κ2) is 8.87. The molecule has 0 aromatic rings. The van der Waals surface area contributed by atoms with E-state index in [0.29, 0.717) is 19.4 Å². The van der Waals surface area contributed by atoms with Crippen LogP contribution < -0.4 is 0 Å². The Morgan fingerprint density at radius 2 is 1.35 bits per heavy atom. The summed E-state index contributed by atoms with van der Waals surface area (Å²) in [5.41, 5.74) is -2.28. The maximum atomic E-state index is 9.86. The number of rotatable bonds is 12. The predicted molar refractivity (Wildman–Crippen MR) is 81.1 cm³/mol. The van der Waals surface area contributed by atoms with Gasteiger partial charge in [0.15, 0.2) is 6.29 Å². The van der Waals surface area contributed by atoms with Crippen LogP contribution in [0.15, 0.2) is 50.6 Å². The predicted octanol–water partition coefficient (Wildman–Crippen LogP) is 2.09. The number of hydrogen-bond acceptors (Lipinski definition) is 4. The quantitative estimate of drug-likeness (QED) is 0.291. The number of hydrogen-bond donors (Lipinski definition) is 3. The van der Waals surface area contributed by atoms with Crippen LogP contribution in [0.4, 0.5) is 0 Å². The van der Waals surface area contributed by atoms with Crippen molar-refractivity contribution < 1.29 is 20.1 Å². The van der Waals surface area contributed by atoms with Crippen LogP contribution in [0.25, 0.3) is 0 Å². The van der Waals surface area contributed by atoms with Crippen molar-refractivity contribution in [3.05, 3.63) is 50.6 Å². The molecule has 114 valence electrons. The first kappa shape index (κ1) is 18.8. The summed E-state index contributed by atoms with van der Waals surface area (Å²) < 4.78 is 5.21. The first-order valence-corrected chi connectivity index (χ1v) is 6.63.